The van der Waals surface area contributed by atoms with Crippen LogP contribution in [0.3, 0.4) is 0 Å². The van der Waals surface area contributed by atoms with Crippen LogP contribution in [0.4, 0.5) is 0 Å². The Bertz CT molecular complexity index is 453. The summed E-state index contributed by atoms with van der Waals surface area (Å²) in [5.74, 6) is -0.530. The monoisotopic (exact) mass is 277 g/mol. The molecule has 1 N–H and O–H groups in total. The van der Waals surface area contributed by atoms with Crippen molar-refractivity contribution in [1.29, 1.82) is 0 Å². The molecular formula is C15H22AlO3. The van der Waals surface area contributed by atoms with Gasteiger partial charge in [-0.2, -0.15) is 0 Å². The molecule has 0 aliphatic carbocycles. The van der Waals surface area contributed by atoms with Gasteiger partial charge in [0.05, 0.1) is 0 Å². The van der Waals surface area contributed by atoms with Crippen molar-refractivity contribution in [3.63, 3.8) is 0 Å². The van der Waals surface area contributed by atoms with E-state index in [2.05, 4.69) is 20.8 Å². The Morgan fingerprint density at radius 1 is 1.11 bits per heavy atom. The second-order valence-electron chi connectivity index (χ2n) is 6.48. The summed E-state index contributed by atoms with van der Waals surface area (Å²) >= 11 is 0. The number of carboxylic acids is 1. The van der Waals surface area contributed by atoms with Crippen LogP contribution in [-0.4, -0.2) is 34.0 Å². The van der Waals surface area contributed by atoms with Crippen LogP contribution in [-0.2, 0) is 5.41 Å². The van der Waals surface area contributed by atoms with Crippen molar-refractivity contribution in [3.8, 4) is 5.75 Å². The molecule has 1 rings (SSSR count). The Morgan fingerprint density at radius 2 is 1.63 bits per heavy atom. The number of carboxylic acid groups (broad SMARTS) is 1. The molecule has 0 aliphatic heterocycles. The molecule has 3 radical (unpaired) electrons. The number of hydrogen-bond donors (Lipinski definition) is 1. The highest BCUT2D eigenvalue weighted by Crippen LogP contribution is 2.30. The molecule has 0 saturated heterocycles. The second kappa shape index (κ2) is 5.98. The molecule has 1 aromatic carbocycles. The minimum absolute atomic E-state index is 0. The van der Waals surface area contributed by atoms with Gasteiger partial charge in [-0.1, -0.05) is 26.8 Å². The summed E-state index contributed by atoms with van der Waals surface area (Å²) in [6.07, 6.45) is 0. The fourth-order valence-corrected chi connectivity index (χ4v) is 1.58. The molecule has 0 spiro atoms. The van der Waals surface area contributed by atoms with Crippen molar-refractivity contribution in [1.82, 2.24) is 0 Å². The van der Waals surface area contributed by atoms with Crippen LogP contribution < -0.4 is 4.74 Å². The van der Waals surface area contributed by atoms with E-state index in [1.807, 2.05) is 32.9 Å². The molecule has 0 heterocycles. The van der Waals surface area contributed by atoms with E-state index in [0.717, 1.165) is 5.56 Å². The van der Waals surface area contributed by atoms with Crippen LogP contribution in [0.1, 0.15) is 57.5 Å². The highest BCUT2D eigenvalue weighted by Gasteiger charge is 2.21. The van der Waals surface area contributed by atoms with E-state index in [4.69, 9.17) is 4.74 Å². The number of hydrogen-bond acceptors (Lipinski definition) is 2. The highest BCUT2D eigenvalue weighted by molar-refractivity contribution is 5.91. The lowest BCUT2D eigenvalue weighted by molar-refractivity contribution is 0.0681. The smallest absolute Gasteiger partial charge is 0.339 e. The average Bonchev–Trinajstić information content (AvgIpc) is 2.12. The normalized spacial score (nSPS) is 11.7. The van der Waals surface area contributed by atoms with E-state index in [0.29, 0.717) is 5.75 Å². The van der Waals surface area contributed by atoms with Crippen LogP contribution in [0, 0.1) is 0 Å². The van der Waals surface area contributed by atoms with Crippen LogP contribution in [0.2, 0.25) is 0 Å². The molecule has 103 valence electrons. The number of aromatic carboxylic acids is 1. The second-order valence-corrected chi connectivity index (χ2v) is 6.48. The van der Waals surface area contributed by atoms with E-state index >= 15 is 0 Å². The van der Waals surface area contributed by atoms with Crippen molar-refractivity contribution < 1.29 is 14.6 Å². The summed E-state index contributed by atoms with van der Waals surface area (Å²) in [4.78, 5) is 11.2. The van der Waals surface area contributed by atoms with Gasteiger partial charge in [-0.25, -0.2) is 4.79 Å². The maximum absolute atomic E-state index is 11.2. The van der Waals surface area contributed by atoms with Crippen LogP contribution in [0.5, 0.6) is 5.75 Å². The molecule has 0 fully saturated rings. The minimum Gasteiger partial charge on any atom is -0.487 e. The molecule has 3 nitrogen and oxygen atoms in total. The van der Waals surface area contributed by atoms with Gasteiger partial charge in [0.25, 0.3) is 0 Å². The first kappa shape index (κ1) is 18.0. The minimum atomic E-state index is -0.963. The molecule has 0 saturated carbocycles. The first-order valence-electron chi connectivity index (χ1n) is 6.07. The summed E-state index contributed by atoms with van der Waals surface area (Å²) in [7, 11) is 0. The fraction of sp³-hybridized carbons (Fsp3) is 0.533. The molecule has 0 amide bonds. The quantitative estimate of drug-likeness (QED) is 0.842. The Hall–Kier alpha value is -0.978. The van der Waals surface area contributed by atoms with Crippen molar-refractivity contribution in [2.24, 2.45) is 0 Å². The molecule has 0 aromatic heterocycles. The predicted molar refractivity (Wildman–Crippen MR) is 78.2 cm³/mol. The van der Waals surface area contributed by atoms with E-state index in [1.54, 1.807) is 6.07 Å². The lowest BCUT2D eigenvalue weighted by Crippen LogP contribution is -2.24. The number of benzene rings is 1. The molecule has 0 bridgehead atoms. The molecule has 1 aromatic rings. The third-order valence-corrected chi connectivity index (χ3v) is 2.49. The zero-order chi connectivity index (χ0) is 14.1. The maximum Gasteiger partial charge on any atom is 0.339 e. The van der Waals surface area contributed by atoms with Gasteiger partial charge < -0.3 is 9.84 Å². The SMILES string of the molecule is CC(C)(C)Oc1cc(C(C)(C)C)ccc1C(=O)O.[Al]. The maximum atomic E-state index is 11.2. The topological polar surface area (TPSA) is 46.5 Å². The van der Waals surface area contributed by atoms with Crippen molar-refractivity contribution >= 4 is 23.3 Å². The number of rotatable bonds is 2. The van der Waals surface area contributed by atoms with Gasteiger partial charge in [-0.3, -0.25) is 0 Å². The summed E-state index contributed by atoms with van der Waals surface area (Å²) in [5, 5.41) is 9.18. The zero-order valence-corrected chi connectivity index (χ0v) is 13.7. The van der Waals surface area contributed by atoms with Gasteiger partial charge in [-0.15, -0.1) is 0 Å². The third kappa shape index (κ3) is 5.26. The van der Waals surface area contributed by atoms with Gasteiger partial charge in [0, 0.05) is 17.4 Å². The molecule has 0 atom stereocenters. The molecule has 19 heavy (non-hydrogen) atoms. The fourth-order valence-electron chi connectivity index (χ4n) is 1.58. The van der Waals surface area contributed by atoms with Crippen LogP contribution in [0.15, 0.2) is 18.2 Å². The third-order valence-electron chi connectivity index (χ3n) is 2.49. The van der Waals surface area contributed by atoms with Crippen molar-refractivity contribution in [2.45, 2.75) is 52.6 Å². The number of ether oxygens (including phenoxy) is 1. The predicted octanol–water partition coefficient (Wildman–Crippen LogP) is 3.48. The first-order valence-corrected chi connectivity index (χ1v) is 6.07. The summed E-state index contributed by atoms with van der Waals surface area (Å²) in [5.41, 5.74) is 0.818. The summed E-state index contributed by atoms with van der Waals surface area (Å²) < 4.78 is 5.75. The number of carbonyl (C=O) groups is 1. The largest absolute Gasteiger partial charge is 0.487 e. The average molecular weight is 277 g/mol. The Labute approximate surface area is 126 Å². The zero-order valence-electron chi connectivity index (χ0n) is 12.6. The van der Waals surface area contributed by atoms with Gasteiger partial charge >= 0.3 is 5.97 Å². The molecule has 0 unspecified atom stereocenters. The molecular weight excluding hydrogens is 255 g/mol. The van der Waals surface area contributed by atoms with E-state index in [-0.39, 0.29) is 28.3 Å². The lowest BCUT2D eigenvalue weighted by atomic mass is 9.86. The van der Waals surface area contributed by atoms with Gasteiger partial charge in [-0.05, 0) is 43.9 Å². The van der Waals surface area contributed by atoms with Crippen molar-refractivity contribution in [2.75, 3.05) is 0 Å². The standard InChI is InChI=1S/C15H22O3.Al/c1-14(2,3)10-7-8-11(13(16)17)12(9-10)18-15(4,5)6;/h7-9H,1-6H3,(H,16,17);. The molecule has 0 aliphatic rings. The Balaban J connectivity index is 0.00000324. The summed E-state index contributed by atoms with van der Waals surface area (Å²) in [6.45, 7) is 12.0. The van der Waals surface area contributed by atoms with Gasteiger partial charge in [0.1, 0.15) is 16.9 Å². The molecule has 4 heteroatoms. The Kier molecular flexibility index (Phi) is 5.68. The van der Waals surface area contributed by atoms with Crippen LogP contribution >= 0.6 is 0 Å². The van der Waals surface area contributed by atoms with Crippen LogP contribution in [0.25, 0.3) is 0 Å². The van der Waals surface area contributed by atoms with Gasteiger partial charge in [0.2, 0.25) is 0 Å². The van der Waals surface area contributed by atoms with E-state index < -0.39 is 11.6 Å². The van der Waals surface area contributed by atoms with E-state index in [9.17, 15) is 9.90 Å². The van der Waals surface area contributed by atoms with Crippen molar-refractivity contribution in [3.05, 3.63) is 29.3 Å². The lowest BCUT2D eigenvalue weighted by Gasteiger charge is -2.25. The van der Waals surface area contributed by atoms with E-state index in [1.165, 1.54) is 0 Å². The van der Waals surface area contributed by atoms with Gasteiger partial charge in [0.15, 0.2) is 0 Å². The highest BCUT2D eigenvalue weighted by atomic mass is 27.0. The summed E-state index contributed by atoms with van der Waals surface area (Å²) in [6, 6.07) is 5.29. The first-order chi connectivity index (χ1) is 8.00. The Morgan fingerprint density at radius 3 is 2.00 bits per heavy atom.